The number of carbonyl (C=O) groups is 2. The summed E-state index contributed by atoms with van der Waals surface area (Å²) in [6.07, 6.45) is 0.252. The first-order valence-electron chi connectivity index (χ1n) is 10.7. The Morgan fingerprint density at radius 1 is 1.19 bits per heavy atom. The number of carbonyl (C=O) groups excluding carboxylic acids is 2. The van der Waals surface area contributed by atoms with Gasteiger partial charge in [-0.1, -0.05) is 29.8 Å². The summed E-state index contributed by atoms with van der Waals surface area (Å²) in [4.78, 5) is 27.2. The minimum absolute atomic E-state index is 0.00686. The molecule has 0 aliphatic carbocycles. The van der Waals surface area contributed by atoms with E-state index in [2.05, 4.69) is 22.2 Å². The van der Waals surface area contributed by atoms with Gasteiger partial charge >= 0.3 is 0 Å². The normalized spacial score (nSPS) is 23.3. The molecule has 2 amide bonds. The van der Waals surface area contributed by atoms with Crippen molar-refractivity contribution < 1.29 is 14.3 Å². The van der Waals surface area contributed by atoms with E-state index in [1.165, 1.54) is 0 Å². The highest BCUT2D eigenvalue weighted by Crippen LogP contribution is 2.29. The molecule has 2 aromatic carbocycles. The van der Waals surface area contributed by atoms with Gasteiger partial charge in [-0.05, 0) is 43.2 Å². The Bertz CT molecular complexity index is 960. The molecule has 0 radical (unpaired) electrons. The van der Waals surface area contributed by atoms with E-state index in [-0.39, 0.29) is 36.1 Å². The summed E-state index contributed by atoms with van der Waals surface area (Å²) < 4.78 is 5.23. The number of hydrogen-bond acceptors (Lipinski definition) is 5. The van der Waals surface area contributed by atoms with Crippen LogP contribution in [0.25, 0.3) is 0 Å². The van der Waals surface area contributed by atoms with Gasteiger partial charge in [0, 0.05) is 37.7 Å². The van der Waals surface area contributed by atoms with E-state index in [9.17, 15) is 9.59 Å². The Morgan fingerprint density at radius 3 is 2.68 bits per heavy atom. The van der Waals surface area contributed by atoms with Gasteiger partial charge in [0.2, 0.25) is 11.8 Å². The van der Waals surface area contributed by atoms with Gasteiger partial charge in [-0.3, -0.25) is 15.0 Å². The number of benzene rings is 2. The van der Waals surface area contributed by atoms with Crippen LogP contribution in [0, 0.1) is 25.7 Å². The second-order valence-electron chi connectivity index (χ2n) is 8.48. The number of hydrogen-bond donors (Lipinski definition) is 3. The van der Waals surface area contributed by atoms with Crippen molar-refractivity contribution in [1.82, 2.24) is 16.2 Å². The summed E-state index contributed by atoms with van der Waals surface area (Å²) in [5, 5.41) is 3.08. The Labute approximate surface area is 183 Å². The standard InChI is InChI=1S/C24H30N4O3/c1-15-4-9-21(16(2)10-15)28-14-18(11-22(28)29)24(30)25-12-19-13-26-27-23(19)17-5-7-20(31-3)8-6-17/h4-10,18-19,23,26-27H,11-14H2,1-3H3,(H,25,30). The number of ether oxygens (including phenoxy) is 1. The molecule has 7 heteroatoms. The molecule has 7 nitrogen and oxygen atoms in total. The summed E-state index contributed by atoms with van der Waals surface area (Å²) in [7, 11) is 1.65. The fourth-order valence-corrected chi connectivity index (χ4v) is 4.49. The molecule has 0 aromatic heterocycles. The topological polar surface area (TPSA) is 82.7 Å². The average Bonchev–Trinajstić information content (AvgIpc) is 3.39. The van der Waals surface area contributed by atoms with E-state index >= 15 is 0 Å². The van der Waals surface area contributed by atoms with Gasteiger partial charge in [0.15, 0.2) is 0 Å². The molecule has 3 N–H and O–H groups in total. The van der Waals surface area contributed by atoms with Crippen LogP contribution in [-0.2, 0) is 9.59 Å². The predicted octanol–water partition coefficient (Wildman–Crippen LogP) is 2.25. The minimum Gasteiger partial charge on any atom is -0.497 e. The van der Waals surface area contributed by atoms with Crippen molar-refractivity contribution in [2.24, 2.45) is 11.8 Å². The van der Waals surface area contributed by atoms with Gasteiger partial charge < -0.3 is 15.0 Å². The largest absolute Gasteiger partial charge is 0.497 e. The van der Waals surface area contributed by atoms with Crippen LogP contribution < -0.4 is 25.8 Å². The maximum absolute atomic E-state index is 12.8. The fourth-order valence-electron chi connectivity index (χ4n) is 4.49. The van der Waals surface area contributed by atoms with E-state index in [0.29, 0.717) is 13.1 Å². The molecule has 2 aromatic rings. The second-order valence-corrected chi connectivity index (χ2v) is 8.48. The highest BCUT2D eigenvalue weighted by atomic mass is 16.5. The van der Waals surface area contributed by atoms with Gasteiger partial charge in [-0.15, -0.1) is 0 Å². The lowest BCUT2D eigenvalue weighted by Crippen LogP contribution is -2.37. The van der Waals surface area contributed by atoms with Gasteiger partial charge in [0.25, 0.3) is 0 Å². The molecule has 2 aliphatic rings. The van der Waals surface area contributed by atoms with Crippen molar-refractivity contribution >= 4 is 17.5 Å². The van der Waals surface area contributed by atoms with Crippen LogP contribution in [0.5, 0.6) is 5.75 Å². The zero-order valence-electron chi connectivity index (χ0n) is 18.3. The van der Waals surface area contributed by atoms with Crippen molar-refractivity contribution in [1.29, 1.82) is 0 Å². The summed E-state index contributed by atoms with van der Waals surface area (Å²) in [6, 6.07) is 14.1. The van der Waals surface area contributed by atoms with Crippen LogP contribution in [0.15, 0.2) is 42.5 Å². The van der Waals surface area contributed by atoms with Crippen molar-refractivity contribution in [3.05, 3.63) is 59.2 Å². The summed E-state index contributed by atoms with van der Waals surface area (Å²) in [5.74, 6) is 0.659. The van der Waals surface area contributed by atoms with Crippen LogP contribution in [0.1, 0.15) is 29.2 Å². The maximum atomic E-state index is 12.8. The third-order valence-electron chi connectivity index (χ3n) is 6.25. The molecule has 2 aliphatic heterocycles. The third-order valence-corrected chi connectivity index (χ3v) is 6.25. The van der Waals surface area contributed by atoms with E-state index in [4.69, 9.17) is 4.74 Å². The first-order valence-corrected chi connectivity index (χ1v) is 10.7. The van der Waals surface area contributed by atoms with E-state index < -0.39 is 0 Å². The summed E-state index contributed by atoms with van der Waals surface area (Å²) in [5.41, 5.74) is 10.7. The van der Waals surface area contributed by atoms with Crippen LogP contribution >= 0.6 is 0 Å². The Hall–Kier alpha value is -2.90. The predicted molar refractivity (Wildman–Crippen MR) is 120 cm³/mol. The first-order chi connectivity index (χ1) is 15.0. The number of methoxy groups -OCH3 is 1. The van der Waals surface area contributed by atoms with Crippen molar-refractivity contribution in [2.75, 3.05) is 31.6 Å². The Morgan fingerprint density at radius 2 is 1.97 bits per heavy atom. The molecule has 2 fully saturated rings. The number of amides is 2. The van der Waals surface area contributed by atoms with Crippen LogP contribution in [0.4, 0.5) is 5.69 Å². The third kappa shape index (κ3) is 4.57. The molecule has 3 unspecified atom stereocenters. The lowest BCUT2D eigenvalue weighted by molar-refractivity contribution is -0.126. The lowest BCUT2D eigenvalue weighted by Gasteiger charge is -2.21. The minimum atomic E-state index is -0.324. The molecule has 4 rings (SSSR count). The van der Waals surface area contributed by atoms with Crippen molar-refractivity contribution in [2.45, 2.75) is 26.3 Å². The van der Waals surface area contributed by atoms with Gasteiger partial charge in [-0.2, -0.15) is 0 Å². The number of hydrazine groups is 1. The Balaban J connectivity index is 1.35. The van der Waals surface area contributed by atoms with E-state index in [0.717, 1.165) is 34.7 Å². The van der Waals surface area contributed by atoms with Gasteiger partial charge in [0.1, 0.15) is 5.75 Å². The smallest absolute Gasteiger partial charge is 0.227 e. The SMILES string of the molecule is COc1ccc(C2NNCC2CNC(=O)C2CC(=O)N(c3ccc(C)cc3C)C2)cc1. The number of anilines is 1. The second kappa shape index (κ2) is 9.08. The molecule has 0 bridgehead atoms. The van der Waals surface area contributed by atoms with Crippen molar-refractivity contribution in [3.8, 4) is 5.75 Å². The van der Waals surface area contributed by atoms with Crippen molar-refractivity contribution in [3.63, 3.8) is 0 Å². The molecule has 164 valence electrons. The first kappa shape index (κ1) is 21.3. The average molecular weight is 423 g/mol. The highest BCUT2D eigenvalue weighted by Gasteiger charge is 2.36. The van der Waals surface area contributed by atoms with Gasteiger partial charge in [-0.25, -0.2) is 5.43 Å². The van der Waals surface area contributed by atoms with Crippen LogP contribution in [0.3, 0.4) is 0 Å². The number of rotatable bonds is 6. The maximum Gasteiger partial charge on any atom is 0.227 e. The van der Waals surface area contributed by atoms with E-state index in [1.807, 2.05) is 50.2 Å². The summed E-state index contributed by atoms with van der Waals surface area (Å²) in [6.45, 7) is 5.77. The zero-order chi connectivity index (χ0) is 22.0. The van der Waals surface area contributed by atoms with Gasteiger partial charge in [0.05, 0.1) is 19.1 Å². The molecular formula is C24H30N4O3. The van der Waals surface area contributed by atoms with E-state index in [1.54, 1.807) is 12.0 Å². The Kier molecular flexibility index (Phi) is 6.25. The molecule has 31 heavy (non-hydrogen) atoms. The number of nitrogens with one attached hydrogen (secondary N) is 3. The molecular weight excluding hydrogens is 392 g/mol. The lowest BCUT2D eigenvalue weighted by atomic mass is 9.94. The highest BCUT2D eigenvalue weighted by molar-refractivity contribution is 6.00. The summed E-state index contributed by atoms with van der Waals surface area (Å²) >= 11 is 0. The quantitative estimate of drug-likeness (QED) is 0.665. The molecule has 2 saturated heterocycles. The number of nitrogens with zero attached hydrogens (tertiary/aromatic N) is 1. The molecule has 0 saturated carbocycles. The fraction of sp³-hybridized carbons (Fsp3) is 0.417. The molecule has 2 heterocycles. The number of aryl methyl sites for hydroxylation is 2. The molecule has 3 atom stereocenters. The molecule has 0 spiro atoms. The van der Waals surface area contributed by atoms with Crippen LogP contribution in [0.2, 0.25) is 0 Å². The van der Waals surface area contributed by atoms with Crippen LogP contribution in [-0.4, -0.2) is 38.6 Å². The monoisotopic (exact) mass is 422 g/mol. The zero-order valence-corrected chi connectivity index (χ0v) is 18.3.